The number of piperazine rings is 1. The minimum Gasteiger partial charge on any atom is -0.376 e. The number of pyridine rings is 1. The molecule has 2 fully saturated rings. The van der Waals surface area contributed by atoms with E-state index in [0.29, 0.717) is 31.7 Å². The molecule has 42 heavy (non-hydrogen) atoms. The number of hydrogen-bond donors (Lipinski definition) is 0. The summed E-state index contributed by atoms with van der Waals surface area (Å²) in [5.74, 6) is 0.0596. The topological polar surface area (TPSA) is 48.9 Å². The van der Waals surface area contributed by atoms with Crippen molar-refractivity contribution in [3.63, 3.8) is 0 Å². The van der Waals surface area contributed by atoms with E-state index in [2.05, 4.69) is 28.6 Å². The third-order valence-electron chi connectivity index (χ3n) is 9.75. The van der Waals surface area contributed by atoms with E-state index in [1.165, 1.54) is 12.1 Å². The van der Waals surface area contributed by atoms with Gasteiger partial charge in [-0.25, -0.2) is 0 Å². The van der Waals surface area contributed by atoms with E-state index in [4.69, 9.17) is 4.74 Å². The number of carbonyl (C=O) groups excluding carboxylic acids is 1. The van der Waals surface area contributed by atoms with Crippen LogP contribution in [0.3, 0.4) is 0 Å². The van der Waals surface area contributed by atoms with Crippen molar-refractivity contribution < 1.29 is 22.7 Å². The quantitative estimate of drug-likeness (QED) is 0.373. The molecular weight excluding hydrogens is 541 g/mol. The second-order valence-electron chi connectivity index (χ2n) is 12.3. The Morgan fingerprint density at radius 1 is 1.07 bits per heavy atom. The molecule has 0 bridgehead atoms. The molecule has 6 nitrogen and oxygen atoms in total. The summed E-state index contributed by atoms with van der Waals surface area (Å²) in [5.41, 5.74) is 2.62. The zero-order chi connectivity index (χ0) is 29.6. The first-order valence-corrected chi connectivity index (χ1v) is 15.0. The number of carbonyl (C=O) groups is 1. The van der Waals surface area contributed by atoms with Crippen LogP contribution in [0.2, 0.25) is 0 Å². The van der Waals surface area contributed by atoms with Crippen LogP contribution in [-0.4, -0.2) is 82.6 Å². The molecule has 224 valence electrons. The van der Waals surface area contributed by atoms with Gasteiger partial charge >= 0.3 is 6.18 Å². The van der Waals surface area contributed by atoms with Crippen LogP contribution in [-0.2, 0) is 17.3 Å². The van der Waals surface area contributed by atoms with Crippen molar-refractivity contribution in [1.82, 2.24) is 19.7 Å². The number of fused-ring (bicyclic) bond motifs is 2. The first-order valence-electron chi connectivity index (χ1n) is 15.0. The van der Waals surface area contributed by atoms with Crippen molar-refractivity contribution in [1.29, 1.82) is 0 Å². The van der Waals surface area contributed by atoms with Crippen LogP contribution in [0, 0.1) is 0 Å². The fourth-order valence-corrected chi connectivity index (χ4v) is 7.37. The molecule has 2 aliphatic heterocycles. The molecule has 0 radical (unpaired) electrons. The number of ether oxygens (including phenoxy) is 1. The third-order valence-corrected chi connectivity index (χ3v) is 9.75. The van der Waals surface area contributed by atoms with Gasteiger partial charge < -0.3 is 9.64 Å². The zero-order valence-corrected chi connectivity index (χ0v) is 24.5. The molecule has 6 rings (SSSR count). The van der Waals surface area contributed by atoms with E-state index in [1.807, 2.05) is 42.2 Å². The molecule has 9 heteroatoms. The highest BCUT2D eigenvalue weighted by Crippen LogP contribution is 2.43. The summed E-state index contributed by atoms with van der Waals surface area (Å²) in [7, 11) is 0. The predicted octanol–water partition coefficient (Wildman–Crippen LogP) is 5.96. The molecule has 1 aliphatic carbocycles. The number of rotatable bonds is 5. The van der Waals surface area contributed by atoms with Gasteiger partial charge in [-0.2, -0.15) is 13.2 Å². The van der Waals surface area contributed by atoms with E-state index in [0.717, 1.165) is 54.5 Å². The van der Waals surface area contributed by atoms with Crippen LogP contribution in [0.15, 0.2) is 54.7 Å². The average molecular weight is 581 g/mol. The average Bonchev–Trinajstić information content (AvgIpc) is 3.33. The summed E-state index contributed by atoms with van der Waals surface area (Å²) in [6, 6.07) is 13.9. The van der Waals surface area contributed by atoms with Gasteiger partial charge in [-0.05, 0) is 69.0 Å². The maximum Gasteiger partial charge on any atom is 0.416 e. The molecule has 1 amide bonds. The highest BCUT2D eigenvalue weighted by molar-refractivity contribution is 6.06. The van der Waals surface area contributed by atoms with E-state index < -0.39 is 11.7 Å². The lowest BCUT2D eigenvalue weighted by molar-refractivity contribution is -0.137. The number of piperidine rings is 1. The Kier molecular flexibility index (Phi) is 7.79. The van der Waals surface area contributed by atoms with Gasteiger partial charge in [-0.1, -0.05) is 24.3 Å². The highest BCUT2D eigenvalue weighted by atomic mass is 19.4. The smallest absolute Gasteiger partial charge is 0.376 e. The monoisotopic (exact) mass is 580 g/mol. The van der Waals surface area contributed by atoms with Gasteiger partial charge in [0.05, 0.1) is 28.8 Å². The van der Waals surface area contributed by atoms with Crippen molar-refractivity contribution in [3.8, 4) is 0 Å². The van der Waals surface area contributed by atoms with Crippen molar-refractivity contribution in [2.24, 2.45) is 0 Å². The molecule has 2 saturated heterocycles. The number of hydrogen-bond acceptors (Lipinski definition) is 5. The van der Waals surface area contributed by atoms with Crippen LogP contribution < -0.4 is 0 Å². The normalized spacial score (nSPS) is 25.1. The molecule has 0 saturated carbocycles. The number of halogens is 3. The number of alkyl halides is 3. The Balaban J connectivity index is 1.13. The SMILES string of the molecule is CCOC1Cc2cc(C(F)(F)F)ccc2C1N1CCN(C2(C)CCN(C(=O)c3ccnc4ccccc34)CC2)CC1C. The Morgan fingerprint density at radius 2 is 1.83 bits per heavy atom. The number of nitrogens with zero attached hydrogens (tertiary/aromatic N) is 4. The Labute approximate surface area is 245 Å². The first-order chi connectivity index (χ1) is 20.1. The van der Waals surface area contributed by atoms with E-state index >= 15 is 0 Å². The molecule has 3 aliphatic rings. The fraction of sp³-hybridized carbons (Fsp3) is 0.515. The molecule has 3 atom stereocenters. The van der Waals surface area contributed by atoms with Gasteiger partial charge in [0.2, 0.25) is 0 Å². The van der Waals surface area contributed by atoms with Crippen LogP contribution >= 0.6 is 0 Å². The Hall–Kier alpha value is -3.01. The zero-order valence-electron chi connectivity index (χ0n) is 24.5. The Morgan fingerprint density at radius 3 is 2.55 bits per heavy atom. The maximum absolute atomic E-state index is 13.5. The molecule has 2 aromatic carbocycles. The van der Waals surface area contributed by atoms with E-state index in [9.17, 15) is 18.0 Å². The number of amides is 1. The molecule has 3 unspecified atom stereocenters. The van der Waals surface area contributed by atoms with E-state index in [1.54, 1.807) is 12.3 Å². The second-order valence-corrected chi connectivity index (χ2v) is 12.3. The van der Waals surface area contributed by atoms with E-state index in [-0.39, 0.29) is 29.6 Å². The number of benzene rings is 2. The summed E-state index contributed by atoms with van der Waals surface area (Å²) >= 11 is 0. The fourth-order valence-electron chi connectivity index (χ4n) is 7.37. The number of para-hydroxylation sites is 1. The predicted molar refractivity (Wildman–Crippen MR) is 156 cm³/mol. The van der Waals surface area contributed by atoms with Crippen molar-refractivity contribution >= 4 is 16.8 Å². The first kappa shape index (κ1) is 29.1. The summed E-state index contributed by atoms with van der Waals surface area (Å²) in [4.78, 5) is 24.9. The standard InChI is InChI=1S/C33H39F3N4O2/c1-4-42-29-20-23-19-24(33(34,35)36)9-10-25(23)30(29)40-18-17-39(21-22(40)2)32(3)12-15-38(16-13-32)31(41)27-11-14-37-28-8-6-5-7-26(27)28/h5-11,14,19,22,29-30H,4,12-13,15-18,20-21H2,1-3H3. The van der Waals surface area contributed by atoms with Crippen molar-refractivity contribution in [2.45, 2.75) is 69.9 Å². The van der Waals surface area contributed by atoms with Crippen LogP contribution in [0.25, 0.3) is 10.9 Å². The minimum absolute atomic E-state index is 0.0219. The van der Waals surface area contributed by atoms with Crippen molar-refractivity contribution in [3.05, 3.63) is 77.0 Å². The summed E-state index contributed by atoms with van der Waals surface area (Å²) < 4.78 is 46.4. The summed E-state index contributed by atoms with van der Waals surface area (Å²) in [6.45, 7) is 10.9. The lowest BCUT2D eigenvalue weighted by Crippen LogP contribution is -2.62. The number of aromatic nitrogens is 1. The largest absolute Gasteiger partial charge is 0.416 e. The summed E-state index contributed by atoms with van der Waals surface area (Å²) in [6.07, 6.45) is -0.519. The molecule has 0 spiro atoms. The molecular formula is C33H39F3N4O2. The van der Waals surface area contributed by atoms with Crippen LogP contribution in [0.1, 0.15) is 66.7 Å². The minimum atomic E-state index is -4.35. The molecule has 3 aromatic rings. The molecule has 0 N–H and O–H groups in total. The Bertz CT molecular complexity index is 1450. The van der Waals surface area contributed by atoms with Gasteiger partial charge in [0.15, 0.2) is 0 Å². The van der Waals surface area contributed by atoms with Gasteiger partial charge in [0, 0.05) is 68.9 Å². The maximum atomic E-state index is 13.5. The highest BCUT2D eigenvalue weighted by Gasteiger charge is 2.45. The van der Waals surface area contributed by atoms with Gasteiger partial charge in [-0.3, -0.25) is 19.6 Å². The second kappa shape index (κ2) is 11.2. The van der Waals surface area contributed by atoms with Crippen LogP contribution in [0.5, 0.6) is 0 Å². The lowest BCUT2D eigenvalue weighted by atomic mass is 9.86. The van der Waals surface area contributed by atoms with Gasteiger partial charge in [-0.15, -0.1) is 0 Å². The molecule has 1 aromatic heterocycles. The van der Waals surface area contributed by atoms with Gasteiger partial charge in [0.1, 0.15) is 0 Å². The van der Waals surface area contributed by atoms with Crippen LogP contribution in [0.4, 0.5) is 13.2 Å². The van der Waals surface area contributed by atoms with Gasteiger partial charge in [0.25, 0.3) is 5.91 Å². The summed E-state index contributed by atoms with van der Waals surface area (Å²) in [5, 5.41) is 0.886. The molecule has 3 heterocycles. The lowest BCUT2D eigenvalue weighted by Gasteiger charge is -2.53. The number of likely N-dealkylation sites (tertiary alicyclic amines) is 1. The third kappa shape index (κ3) is 5.31. The van der Waals surface area contributed by atoms with Crippen molar-refractivity contribution in [2.75, 3.05) is 39.3 Å².